The molecule has 6 nitrogen and oxygen atoms in total. The van der Waals surface area contributed by atoms with Crippen LogP contribution in [-0.2, 0) is 9.59 Å². The molecule has 1 aliphatic heterocycles. The van der Waals surface area contributed by atoms with Gasteiger partial charge in [-0.25, -0.2) is 4.79 Å². The number of hydrogen-bond acceptors (Lipinski definition) is 3. The van der Waals surface area contributed by atoms with E-state index in [0.29, 0.717) is 13.1 Å². The van der Waals surface area contributed by atoms with E-state index >= 15 is 0 Å². The first kappa shape index (κ1) is 15.8. The van der Waals surface area contributed by atoms with Gasteiger partial charge < -0.3 is 15.3 Å². The minimum Gasteiger partial charge on any atom is -0.478 e. The van der Waals surface area contributed by atoms with Crippen molar-refractivity contribution < 1.29 is 19.5 Å². The van der Waals surface area contributed by atoms with Crippen LogP contribution in [0.2, 0.25) is 0 Å². The van der Waals surface area contributed by atoms with E-state index in [9.17, 15) is 14.4 Å². The number of benzene rings is 1. The van der Waals surface area contributed by atoms with E-state index in [2.05, 4.69) is 5.32 Å². The largest absolute Gasteiger partial charge is 0.478 e. The van der Waals surface area contributed by atoms with E-state index in [0.717, 1.165) is 5.56 Å². The third-order valence-electron chi connectivity index (χ3n) is 3.69. The fraction of sp³-hybridized carbons (Fsp3) is 0.312. The van der Waals surface area contributed by atoms with Gasteiger partial charge in [-0.05, 0) is 37.6 Å². The Labute approximate surface area is 128 Å². The average Bonchev–Trinajstić information content (AvgIpc) is 2.48. The molecule has 2 N–H and O–H groups in total. The van der Waals surface area contributed by atoms with Crippen LogP contribution in [0.25, 0.3) is 6.08 Å². The molecule has 22 heavy (non-hydrogen) atoms. The van der Waals surface area contributed by atoms with E-state index in [4.69, 9.17) is 5.11 Å². The molecule has 0 bridgehead atoms. The van der Waals surface area contributed by atoms with Crippen molar-refractivity contribution >= 4 is 23.9 Å². The Morgan fingerprint density at radius 2 is 1.91 bits per heavy atom. The molecule has 1 saturated heterocycles. The van der Waals surface area contributed by atoms with Crippen molar-refractivity contribution in [1.82, 2.24) is 10.2 Å². The van der Waals surface area contributed by atoms with Crippen molar-refractivity contribution in [3.8, 4) is 0 Å². The van der Waals surface area contributed by atoms with Gasteiger partial charge in [-0.1, -0.05) is 12.1 Å². The molecule has 0 unspecified atom stereocenters. The van der Waals surface area contributed by atoms with Crippen molar-refractivity contribution in [1.29, 1.82) is 0 Å². The normalized spacial score (nSPS) is 17.4. The van der Waals surface area contributed by atoms with Gasteiger partial charge in [0.15, 0.2) is 0 Å². The molecule has 1 aromatic carbocycles. The summed E-state index contributed by atoms with van der Waals surface area (Å²) in [6.07, 6.45) is 3.01. The number of carbonyl (C=O) groups excluding carboxylic acids is 2. The molecule has 1 heterocycles. The lowest BCUT2D eigenvalue weighted by molar-refractivity contribution is -0.146. The van der Waals surface area contributed by atoms with Crippen molar-refractivity contribution in [3.05, 3.63) is 41.5 Å². The summed E-state index contributed by atoms with van der Waals surface area (Å²) in [5.74, 6) is -1.42. The highest BCUT2D eigenvalue weighted by Gasteiger charge is 2.39. The number of carboxylic acids is 1. The van der Waals surface area contributed by atoms with Gasteiger partial charge in [0.05, 0.1) is 5.56 Å². The Balaban J connectivity index is 2.10. The Hall–Kier alpha value is -2.63. The van der Waals surface area contributed by atoms with Crippen molar-refractivity contribution in [3.63, 3.8) is 0 Å². The van der Waals surface area contributed by atoms with Crippen LogP contribution in [-0.4, -0.2) is 46.4 Å². The Morgan fingerprint density at radius 3 is 2.50 bits per heavy atom. The molecule has 0 aromatic heterocycles. The van der Waals surface area contributed by atoms with Crippen LogP contribution in [0.5, 0.6) is 0 Å². The highest BCUT2D eigenvalue weighted by Crippen LogP contribution is 2.18. The first-order valence-corrected chi connectivity index (χ1v) is 6.94. The fourth-order valence-corrected chi connectivity index (χ4v) is 2.28. The third kappa shape index (κ3) is 3.16. The van der Waals surface area contributed by atoms with Crippen LogP contribution >= 0.6 is 0 Å². The summed E-state index contributed by atoms with van der Waals surface area (Å²) in [5.41, 5.74) is 0.0299. The van der Waals surface area contributed by atoms with Crippen LogP contribution < -0.4 is 5.32 Å². The van der Waals surface area contributed by atoms with E-state index < -0.39 is 11.5 Å². The Kier molecular flexibility index (Phi) is 4.30. The zero-order valence-corrected chi connectivity index (χ0v) is 12.5. The maximum absolute atomic E-state index is 12.3. The van der Waals surface area contributed by atoms with Crippen LogP contribution in [0.4, 0.5) is 0 Å². The number of aromatic carboxylic acids is 1. The van der Waals surface area contributed by atoms with Crippen LogP contribution in [0, 0.1) is 0 Å². The van der Waals surface area contributed by atoms with Crippen LogP contribution in [0.3, 0.4) is 0 Å². The second-order valence-corrected chi connectivity index (χ2v) is 5.57. The number of carboxylic acid groups (broad SMARTS) is 1. The number of amides is 2. The fourth-order valence-electron chi connectivity index (χ4n) is 2.28. The summed E-state index contributed by atoms with van der Waals surface area (Å²) in [5, 5.41) is 11.6. The highest BCUT2D eigenvalue weighted by molar-refractivity contribution is 5.98. The number of carbonyl (C=O) groups is 3. The topological polar surface area (TPSA) is 86.7 Å². The van der Waals surface area contributed by atoms with E-state index in [1.165, 1.54) is 23.1 Å². The van der Waals surface area contributed by atoms with Crippen LogP contribution in [0.15, 0.2) is 30.3 Å². The van der Waals surface area contributed by atoms with E-state index in [-0.39, 0.29) is 17.4 Å². The van der Waals surface area contributed by atoms with E-state index in [1.807, 2.05) is 0 Å². The van der Waals surface area contributed by atoms with E-state index in [1.54, 1.807) is 32.1 Å². The first-order valence-electron chi connectivity index (χ1n) is 6.94. The minimum absolute atomic E-state index is 0.175. The van der Waals surface area contributed by atoms with Crippen molar-refractivity contribution in [2.45, 2.75) is 19.4 Å². The summed E-state index contributed by atoms with van der Waals surface area (Å²) >= 11 is 0. The molecule has 2 amide bonds. The van der Waals surface area contributed by atoms with Gasteiger partial charge in [0.25, 0.3) is 0 Å². The molecule has 116 valence electrons. The summed E-state index contributed by atoms with van der Waals surface area (Å²) in [7, 11) is 0. The maximum atomic E-state index is 12.3. The molecular weight excluding hydrogens is 284 g/mol. The van der Waals surface area contributed by atoms with Gasteiger partial charge in [-0.3, -0.25) is 9.59 Å². The molecule has 1 fully saturated rings. The number of rotatable bonds is 3. The van der Waals surface area contributed by atoms with Gasteiger partial charge in [-0.15, -0.1) is 0 Å². The van der Waals surface area contributed by atoms with Crippen molar-refractivity contribution in [2.24, 2.45) is 0 Å². The third-order valence-corrected chi connectivity index (χ3v) is 3.69. The molecule has 6 heteroatoms. The molecule has 0 spiro atoms. The molecule has 0 radical (unpaired) electrons. The smallest absolute Gasteiger partial charge is 0.335 e. The maximum Gasteiger partial charge on any atom is 0.335 e. The molecular formula is C16H18N2O4. The molecule has 1 aromatic rings. The predicted molar refractivity (Wildman–Crippen MR) is 81.2 cm³/mol. The number of piperazine rings is 1. The second kappa shape index (κ2) is 6.01. The summed E-state index contributed by atoms with van der Waals surface area (Å²) in [6, 6.07) is 6.21. The first-order chi connectivity index (χ1) is 10.3. The Bertz CT molecular complexity index is 632. The Morgan fingerprint density at radius 1 is 1.27 bits per heavy atom. The summed E-state index contributed by atoms with van der Waals surface area (Å²) in [4.78, 5) is 36.4. The predicted octanol–water partition coefficient (Wildman–Crippen LogP) is 1.13. The molecule has 0 atom stereocenters. The van der Waals surface area contributed by atoms with Gasteiger partial charge in [0.2, 0.25) is 11.8 Å². The monoisotopic (exact) mass is 302 g/mol. The minimum atomic E-state index is -0.993. The molecule has 2 rings (SSSR count). The van der Waals surface area contributed by atoms with Crippen molar-refractivity contribution in [2.75, 3.05) is 13.1 Å². The molecule has 0 aliphatic carbocycles. The van der Waals surface area contributed by atoms with Gasteiger partial charge in [-0.2, -0.15) is 0 Å². The SMILES string of the molecule is CC1(C)C(=O)NCCN1C(=O)/C=C/c1ccc(C(=O)O)cc1. The summed E-state index contributed by atoms with van der Waals surface area (Å²) in [6.45, 7) is 4.30. The number of hydrogen-bond donors (Lipinski definition) is 2. The standard InChI is InChI=1S/C16H18N2O4/c1-16(2)15(22)17-9-10-18(16)13(19)8-5-11-3-6-12(7-4-11)14(20)21/h3-8H,9-10H2,1-2H3,(H,17,22)(H,20,21)/b8-5+. The lowest BCUT2D eigenvalue weighted by atomic mass is 9.98. The van der Waals surface area contributed by atoms with Gasteiger partial charge in [0, 0.05) is 19.2 Å². The molecule has 0 saturated carbocycles. The number of nitrogens with zero attached hydrogens (tertiary/aromatic N) is 1. The summed E-state index contributed by atoms with van der Waals surface area (Å²) < 4.78 is 0. The van der Waals surface area contributed by atoms with Gasteiger partial charge >= 0.3 is 5.97 Å². The lowest BCUT2D eigenvalue weighted by Gasteiger charge is -2.40. The van der Waals surface area contributed by atoms with Crippen LogP contribution in [0.1, 0.15) is 29.8 Å². The zero-order chi connectivity index (χ0) is 16.3. The molecule has 1 aliphatic rings. The zero-order valence-electron chi connectivity index (χ0n) is 12.5. The second-order valence-electron chi connectivity index (χ2n) is 5.57. The quantitative estimate of drug-likeness (QED) is 0.820. The number of nitrogens with one attached hydrogen (secondary N) is 1. The van der Waals surface area contributed by atoms with Gasteiger partial charge in [0.1, 0.15) is 5.54 Å². The average molecular weight is 302 g/mol. The highest BCUT2D eigenvalue weighted by atomic mass is 16.4. The lowest BCUT2D eigenvalue weighted by Crippen LogP contribution is -2.63.